The predicted molar refractivity (Wildman–Crippen MR) is 105 cm³/mol. The third-order valence-electron chi connectivity index (χ3n) is 4.76. The Kier molecular flexibility index (Phi) is 5.02. The van der Waals surface area contributed by atoms with Crippen LogP contribution in [0, 0.1) is 17.5 Å². The van der Waals surface area contributed by atoms with Gasteiger partial charge in [-0.3, -0.25) is 0 Å². The maximum atomic E-state index is 13.3. The highest BCUT2D eigenvalue weighted by Gasteiger charge is 2.12. The van der Waals surface area contributed by atoms with Gasteiger partial charge < -0.3 is 4.57 Å². The van der Waals surface area contributed by atoms with Crippen molar-refractivity contribution in [2.24, 2.45) is 0 Å². The number of hydrogen-bond acceptors (Lipinski definition) is 0. The summed E-state index contributed by atoms with van der Waals surface area (Å²) in [4.78, 5) is 0. The highest BCUT2D eigenvalue weighted by molar-refractivity contribution is 5.83. The van der Waals surface area contributed by atoms with Crippen LogP contribution < -0.4 is 0 Å². The minimum Gasteiger partial charge on any atom is -0.353 e. The molecule has 0 radical (unpaired) electrons. The molecule has 0 atom stereocenters. The average molecular weight is 377 g/mol. The molecule has 1 nitrogen and oxygen atoms in total. The van der Waals surface area contributed by atoms with Gasteiger partial charge in [-0.05, 0) is 59.5 Å². The molecular formula is C24H18F3N. The van der Waals surface area contributed by atoms with Crippen molar-refractivity contribution < 1.29 is 13.2 Å². The largest absolute Gasteiger partial charge is 0.353 e. The van der Waals surface area contributed by atoms with Crippen molar-refractivity contribution in [3.63, 3.8) is 0 Å². The average Bonchev–Trinajstić information content (AvgIpc) is 3.13. The highest BCUT2D eigenvalue weighted by atomic mass is 19.1. The molecule has 0 aliphatic rings. The minimum absolute atomic E-state index is 0.248. The van der Waals surface area contributed by atoms with Crippen molar-refractivity contribution in [3.8, 4) is 22.3 Å². The number of nitrogens with zero attached hydrogens (tertiary/aromatic N) is 1. The Bertz CT molecular complexity index is 1000. The van der Waals surface area contributed by atoms with E-state index < -0.39 is 0 Å². The van der Waals surface area contributed by atoms with Crippen molar-refractivity contribution >= 4 is 0 Å². The lowest BCUT2D eigenvalue weighted by atomic mass is 9.99. The van der Waals surface area contributed by atoms with Gasteiger partial charge in [-0.15, -0.1) is 0 Å². The van der Waals surface area contributed by atoms with Crippen LogP contribution in [0.15, 0.2) is 85.2 Å². The summed E-state index contributed by atoms with van der Waals surface area (Å²) in [6.07, 6.45) is 4.77. The van der Waals surface area contributed by atoms with E-state index >= 15 is 0 Å². The van der Waals surface area contributed by atoms with E-state index in [1.807, 2.05) is 12.4 Å². The van der Waals surface area contributed by atoms with Crippen LogP contribution in [0.25, 0.3) is 22.3 Å². The molecule has 0 amide bonds. The van der Waals surface area contributed by atoms with Gasteiger partial charge in [-0.1, -0.05) is 36.4 Å². The summed E-state index contributed by atoms with van der Waals surface area (Å²) in [5, 5.41) is 0. The fourth-order valence-electron chi connectivity index (χ4n) is 3.27. The van der Waals surface area contributed by atoms with Gasteiger partial charge in [0.2, 0.25) is 0 Å². The van der Waals surface area contributed by atoms with Crippen LogP contribution in [-0.2, 0) is 13.0 Å². The Morgan fingerprint density at radius 3 is 1.36 bits per heavy atom. The normalized spacial score (nSPS) is 11.0. The minimum atomic E-state index is -0.289. The maximum Gasteiger partial charge on any atom is 0.123 e. The van der Waals surface area contributed by atoms with Crippen molar-refractivity contribution in [1.29, 1.82) is 0 Å². The molecule has 28 heavy (non-hydrogen) atoms. The van der Waals surface area contributed by atoms with Gasteiger partial charge in [0, 0.05) is 30.1 Å². The Balaban J connectivity index is 1.67. The topological polar surface area (TPSA) is 4.93 Å². The molecule has 4 aromatic rings. The van der Waals surface area contributed by atoms with Gasteiger partial charge in [0.15, 0.2) is 0 Å². The number of benzene rings is 3. The van der Waals surface area contributed by atoms with E-state index in [9.17, 15) is 13.2 Å². The summed E-state index contributed by atoms with van der Waals surface area (Å²) in [5.74, 6) is -0.826. The highest BCUT2D eigenvalue weighted by Crippen LogP contribution is 2.33. The number of aromatic nitrogens is 1. The SMILES string of the molecule is Fc1ccc(CCn2cc(-c3ccc(F)cc3)c(-c3ccc(F)cc3)c2)cc1. The van der Waals surface area contributed by atoms with Crippen LogP contribution in [0.5, 0.6) is 0 Å². The van der Waals surface area contributed by atoms with Crippen LogP contribution in [0.1, 0.15) is 5.56 Å². The smallest absolute Gasteiger partial charge is 0.123 e. The molecule has 0 saturated carbocycles. The number of hydrogen-bond donors (Lipinski definition) is 0. The Morgan fingerprint density at radius 1 is 0.536 bits per heavy atom. The Hall–Kier alpha value is -3.27. The first-order chi connectivity index (χ1) is 13.6. The fraction of sp³-hybridized carbons (Fsp3) is 0.0833. The van der Waals surface area contributed by atoms with E-state index in [0.717, 1.165) is 34.2 Å². The van der Waals surface area contributed by atoms with Crippen LogP contribution in [0.4, 0.5) is 13.2 Å². The molecule has 0 aliphatic heterocycles. The van der Waals surface area contributed by atoms with E-state index in [1.54, 1.807) is 36.4 Å². The zero-order valence-electron chi connectivity index (χ0n) is 15.1. The molecule has 0 bridgehead atoms. The summed E-state index contributed by atoms with van der Waals surface area (Å²) in [5.41, 5.74) is 4.72. The molecule has 0 fully saturated rings. The molecule has 0 N–H and O–H groups in total. The van der Waals surface area contributed by atoms with E-state index in [1.165, 1.54) is 36.4 Å². The van der Waals surface area contributed by atoms with Crippen molar-refractivity contribution in [3.05, 3.63) is 108 Å². The molecule has 4 heteroatoms. The summed E-state index contributed by atoms with van der Waals surface area (Å²) < 4.78 is 41.8. The van der Waals surface area contributed by atoms with Crippen molar-refractivity contribution in [1.82, 2.24) is 4.57 Å². The molecule has 1 aromatic heterocycles. The zero-order chi connectivity index (χ0) is 19.5. The maximum absolute atomic E-state index is 13.3. The van der Waals surface area contributed by atoms with Crippen LogP contribution in [-0.4, -0.2) is 4.57 Å². The van der Waals surface area contributed by atoms with Crippen LogP contribution in [0.3, 0.4) is 0 Å². The second kappa shape index (κ2) is 7.77. The fourth-order valence-corrected chi connectivity index (χ4v) is 3.27. The lowest BCUT2D eigenvalue weighted by Gasteiger charge is -2.04. The van der Waals surface area contributed by atoms with E-state index in [0.29, 0.717) is 6.54 Å². The van der Waals surface area contributed by atoms with Crippen LogP contribution >= 0.6 is 0 Å². The standard InChI is InChI=1S/C24H18F3N/c25-20-7-1-17(2-8-20)13-14-28-15-23(18-3-9-21(26)10-4-18)24(16-28)19-5-11-22(27)12-6-19/h1-12,15-16H,13-14H2. The molecular weight excluding hydrogens is 359 g/mol. The van der Waals surface area contributed by atoms with Crippen LogP contribution in [0.2, 0.25) is 0 Å². The Labute approximate surface area is 161 Å². The lowest BCUT2D eigenvalue weighted by Crippen LogP contribution is -1.98. The molecule has 4 rings (SSSR count). The summed E-state index contributed by atoms with van der Waals surface area (Å²) in [6, 6.07) is 19.1. The van der Waals surface area contributed by atoms with E-state index in [2.05, 4.69) is 4.57 Å². The summed E-state index contributed by atoms with van der Waals surface area (Å²) in [7, 11) is 0. The van der Waals surface area contributed by atoms with Gasteiger partial charge in [-0.2, -0.15) is 0 Å². The number of halogens is 3. The summed E-state index contributed by atoms with van der Waals surface area (Å²) >= 11 is 0. The monoisotopic (exact) mass is 377 g/mol. The molecule has 0 saturated heterocycles. The second-order valence-electron chi connectivity index (χ2n) is 6.71. The molecule has 1 heterocycles. The first-order valence-electron chi connectivity index (χ1n) is 9.04. The first kappa shape index (κ1) is 18.1. The molecule has 140 valence electrons. The van der Waals surface area contributed by atoms with Gasteiger partial charge in [0.1, 0.15) is 17.5 Å². The molecule has 0 spiro atoms. The van der Waals surface area contributed by atoms with Gasteiger partial charge >= 0.3 is 0 Å². The zero-order valence-corrected chi connectivity index (χ0v) is 15.1. The lowest BCUT2D eigenvalue weighted by molar-refractivity contribution is 0.625. The molecule has 3 aromatic carbocycles. The van der Waals surface area contributed by atoms with Gasteiger partial charge in [0.25, 0.3) is 0 Å². The predicted octanol–water partition coefficient (Wildman–Crippen LogP) is 6.48. The van der Waals surface area contributed by atoms with Gasteiger partial charge in [-0.25, -0.2) is 13.2 Å². The summed E-state index contributed by atoms with van der Waals surface area (Å²) in [6.45, 7) is 0.709. The first-order valence-corrected chi connectivity index (χ1v) is 9.04. The van der Waals surface area contributed by atoms with Crippen molar-refractivity contribution in [2.75, 3.05) is 0 Å². The third-order valence-corrected chi connectivity index (χ3v) is 4.76. The van der Waals surface area contributed by atoms with E-state index in [4.69, 9.17) is 0 Å². The van der Waals surface area contributed by atoms with E-state index in [-0.39, 0.29) is 17.5 Å². The molecule has 0 aliphatic carbocycles. The number of rotatable bonds is 5. The Morgan fingerprint density at radius 2 is 0.929 bits per heavy atom. The second-order valence-corrected chi connectivity index (χ2v) is 6.71. The quantitative estimate of drug-likeness (QED) is 0.375. The third kappa shape index (κ3) is 4.01. The van der Waals surface area contributed by atoms with Crippen molar-refractivity contribution in [2.45, 2.75) is 13.0 Å². The number of aryl methyl sites for hydroxylation is 2. The van der Waals surface area contributed by atoms with Gasteiger partial charge in [0.05, 0.1) is 0 Å². The molecule has 0 unspecified atom stereocenters.